The zero-order chi connectivity index (χ0) is 16.9. The van der Waals surface area contributed by atoms with Gasteiger partial charge in [-0.3, -0.25) is 9.59 Å². The monoisotopic (exact) mass is 324 g/mol. The number of hydrogen-bond donors (Lipinski definition) is 1. The lowest BCUT2D eigenvalue weighted by atomic mass is 10.1. The van der Waals surface area contributed by atoms with Gasteiger partial charge in [-0.25, -0.2) is 0 Å². The van der Waals surface area contributed by atoms with Crippen LogP contribution >= 0.6 is 0 Å². The first-order chi connectivity index (χ1) is 11.6. The number of hydrogen-bond acceptors (Lipinski definition) is 3. The third kappa shape index (κ3) is 3.93. The van der Waals surface area contributed by atoms with Gasteiger partial charge in [0, 0.05) is 18.7 Å². The number of rotatable bonds is 4. The summed E-state index contributed by atoms with van der Waals surface area (Å²) >= 11 is 0. The summed E-state index contributed by atoms with van der Waals surface area (Å²) in [6.45, 7) is 3.61. The second kappa shape index (κ2) is 7.17. The molecule has 5 nitrogen and oxygen atoms in total. The third-order valence-corrected chi connectivity index (χ3v) is 3.89. The Labute approximate surface area is 141 Å². The highest BCUT2D eigenvalue weighted by Crippen LogP contribution is 2.17. The van der Waals surface area contributed by atoms with E-state index in [1.54, 1.807) is 23.1 Å². The van der Waals surface area contributed by atoms with Gasteiger partial charge >= 0.3 is 0 Å². The standard InChI is InChI=1S/C19H20N2O3/c1-14-4-2-5-15(10-14)13-24-17-7-3-6-16(11-17)19(23)21-9-8-20-18(22)12-21/h2-7,10-11H,8-9,12-13H2,1H3,(H,20,22). The van der Waals surface area contributed by atoms with Gasteiger partial charge in [0.2, 0.25) is 5.91 Å². The van der Waals surface area contributed by atoms with Crippen LogP contribution in [0.5, 0.6) is 5.75 Å². The molecular formula is C19H20N2O3. The number of nitrogens with one attached hydrogen (secondary N) is 1. The topological polar surface area (TPSA) is 58.6 Å². The third-order valence-electron chi connectivity index (χ3n) is 3.89. The molecule has 1 N–H and O–H groups in total. The van der Waals surface area contributed by atoms with E-state index in [0.29, 0.717) is 31.0 Å². The van der Waals surface area contributed by atoms with Crippen LogP contribution in [0.1, 0.15) is 21.5 Å². The van der Waals surface area contributed by atoms with Crippen LogP contribution in [0, 0.1) is 6.92 Å². The fraction of sp³-hybridized carbons (Fsp3) is 0.263. The van der Waals surface area contributed by atoms with E-state index in [9.17, 15) is 9.59 Å². The molecule has 0 atom stereocenters. The highest BCUT2D eigenvalue weighted by molar-refractivity contribution is 5.97. The van der Waals surface area contributed by atoms with Crippen molar-refractivity contribution in [2.75, 3.05) is 19.6 Å². The average molecular weight is 324 g/mol. The molecule has 0 aliphatic carbocycles. The number of nitrogens with zero attached hydrogens (tertiary/aromatic N) is 1. The van der Waals surface area contributed by atoms with Gasteiger partial charge in [0.25, 0.3) is 5.91 Å². The summed E-state index contributed by atoms with van der Waals surface area (Å²) in [7, 11) is 0. The molecule has 2 aromatic rings. The molecule has 1 heterocycles. The maximum absolute atomic E-state index is 12.5. The molecule has 5 heteroatoms. The summed E-state index contributed by atoms with van der Waals surface area (Å²) in [4.78, 5) is 25.5. The van der Waals surface area contributed by atoms with Gasteiger partial charge in [-0.2, -0.15) is 0 Å². The summed E-state index contributed by atoms with van der Waals surface area (Å²) in [6, 6.07) is 15.2. The summed E-state index contributed by atoms with van der Waals surface area (Å²) in [6.07, 6.45) is 0. The quantitative estimate of drug-likeness (QED) is 0.937. The van der Waals surface area contributed by atoms with Gasteiger partial charge in [-0.1, -0.05) is 35.9 Å². The van der Waals surface area contributed by atoms with E-state index in [0.717, 1.165) is 5.56 Å². The molecule has 0 unspecified atom stereocenters. The van der Waals surface area contributed by atoms with E-state index >= 15 is 0 Å². The predicted octanol–water partition coefficient (Wildman–Crippen LogP) is 2.15. The molecule has 1 aliphatic heterocycles. The molecule has 1 aliphatic rings. The number of amides is 2. The fourth-order valence-corrected chi connectivity index (χ4v) is 2.68. The molecule has 24 heavy (non-hydrogen) atoms. The van der Waals surface area contributed by atoms with Crippen LogP contribution in [-0.4, -0.2) is 36.3 Å². The summed E-state index contributed by atoms with van der Waals surface area (Å²) in [5, 5.41) is 2.72. The first-order valence-electron chi connectivity index (χ1n) is 7.96. The maximum atomic E-state index is 12.5. The number of ether oxygens (including phenoxy) is 1. The lowest BCUT2D eigenvalue weighted by molar-refractivity contribution is -0.123. The summed E-state index contributed by atoms with van der Waals surface area (Å²) in [5.74, 6) is 0.371. The minimum Gasteiger partial charge on any atom is -0.489 e. The molecule has 0 aromatic heterocycles. The molecule has 0 saturated carbocycles. The minimum absolute atomic E-state index is 0.104. The highest BCUT2D eigenvalue weighted by Gasteiger charge is 2.22. The normalized spacial score (nSPS) is 14.2. The molecular weight excluding hydrogens is 304 g/mol. The second-order valence-corrected chi connectivity index (χ2v) is 5.88. The Balaban J connectivity index is 1.67. The van der Waals surface area contributed by atoms with E-state index < -0.39 is 0 Å². The van der Waals surface area contributed by atoms with Crippen LogP contribution in [-0.2, 0) is 11.4 Å². The lowest BCUT2D eigenvalue weighted by Crippen LogP contribution is -2.49. The highest BCUT2D eigenvalue weighted by atomic mass is 16.5. The van der Waals surface area contributed by atoms with E-state index in [1.165, 1.54) is 5.56 Å². The first-order valence-corrected chi connectivity index (χ1v) is 7.96. The summed E-state index contributed by atoms with van der Waals surface area (Å²) in [5.41, 5.74) is 2.80. The number of aryl methyl sites for hydroxylation is 1. The Morgan fingerprint density at radius 3 is 2.83 bits per heavy atom. The van der Waals surface area contributed by atoms with Gasteiger partial charge in [-0.15, -0.1) is 0 Å². The lowest BCUT2D eigenvalue weighted by Gasteiger charge is -2.26. The minimum atomic E-state index is -0.147. The maximum Gasteiger partial charge on any atom is 0.254 e. The van der Waals surface area contributed by atoms with E-state index in [-0.39, 0.29) is 18.4 Å². The molecule has 0 radical (unpaired) electrons. The van der Waals surface area contributed by atoms with Gasteiger partial charge in [0.1, 0.15) is 12.4 Å². The van der Waals surface area contributed by atoms with E-state index in [4.69, 9.17) is 4.74 Å². The van der Waals surface area contributed by atoms with Crippen molar-refractivity contribution in [1.29, 1.82) is 0 Å². The Morgan fingerprint density at radius 1 is 1.21 bits per heavy atom. The smallest absolute Gasteiger partial charge is 0.254 e. The molecule has 1 fully saturated rings. The largest absolute Gasteiger partial charge is 0.489 e. The van der Waals surface area contributed by atoms with Gasteiger partial charge in [-0.05, 0) is 30.7 Å². The number of carbonyl (C=O) groups is 2. The zero-order valence-corrected chi connectivity index (χ0v) is 13.6. The Hall–Kier alpha value is -2.82. The number of carbonyl (C=O) groups excluding carboxylic acids is 2. The second-order valence-electron chi connectivity index (χ2n) is 5.88. The van der Waals surface area contributed by atoms with Crippen LogP contribution in [0.2, 0.25) is 0 Å². The van der Waals surface area contributed by atoms with Crippen molar-refractivity contribution < 1.29 is 14.3 Å². The van der Waals surface area contributed by atoms with Crippen LogP contribution < -0.4 is 10.1 Å². The molecule has 0 spiro atoms. The van der Waals surface area contributed by atoms with Crippen molar-refractivity contribution >= 4 is 11.8 Å². The van der Waals surface area contributed by atoms with Crippen molar-refractivity contribution in [2.24, 2.45) is 0 Å². The van der Waals surface area contributed by atoms with Gasteiger partial charge < -0.3 is 15.0 Å². The van der Waals surface area contributed by atoms with Crippen molar-refractivity contribution in [2.45, 2.75) is 13.5 Å². The average Bonchev–Trinajstić information content (AvgIpc) is 2.60. The van der Waals surface area contributed by atoms with Crippen LogP contribution in [0.3, 0.4) is 0 Å². The fourth-order valence-electron chi connectivity index (χ4n) is 2.68. The molecule has 2 amide bonds. The van der Waals surface area contributed by atoms with Crippen LogP contribution in [0.15, 0.2) is 48.5 Å². The Morgan fingerprint density at radius 2 is 2.04 bits per heavy atom. The molecule has 2 aromatic carbocycles. The molecule has 0 bridgehead atoms. The summed E-state index contributed by atoms with van der Waals surface area (Å²) < 4.78 is 5.80. The number of benzene rings is 2. The van der Waals surface area contributed by atoms with Gasteiger partial charge in [0.05, 0.1) is 6.54 Å². The SMILES string of the molecule is Cc1cccc(COc2cccc(C(=O)N3CCNC(=O)C3)c2)c1. The zero-order valence-electron chi connectivity index (χ0n) is 13.6. The van der Waals surface area contributed by atoms with Gasteiger partial charge in [0.15, 0.2) is 0 Å². The molecule has 3 rings (SSSR count). The van der Waals surface area contributed by atoms with Crippen molar-refractivity contribution in [1.82, 2.24) is 10.2 Å². The van der Waals surface area contributed by atoms with Crippen LogP contribution in [0.25, 0.3) is 0 Å². The molecule has 124 valence electrons. The van der Waals surface area contributed by atoms with E-state index in [2.05, 4.69) is 11.4 Å². The van der Waals surface area contributed by atoms with Crippen molar-refractivity contribution in [3.63, 3.8) is 0 Å². The first kappa shape index (κ1) is 16.1. The Kier molecular flexibility index (Phi) is 4.79. The van der Waals surface area contributed by atoms with E-state index in [1.807, 2.05) is 31.2 Å². The van der Waals surface area contributed by atoms with Crippen molar-refractivity contribution in [3.05, 3.63) is 65.2 Å². The molecule has 1 saturated heterocycles. The predicted molar refractivity (Wildman–Crippen MR) is 90.9 cm³/mol. The van der Waals surface area contributed by atoms with Crippen molar-refractivity contribution in [3.8, 4) is 5.75 Å². The Bertz CT molecular complexity index is 758. The number of piperazine rings is 1. The van der Waals surface area contributed by atoms with Crippen LogP contribution in [0.4, 0.5) is 0 Å².